The van der Waals surface area contributed by atoms with Gasteiger partial charge in [-0.25, -0.2) is 4.68 Å². The van der Waals surface area contributed by atoms with Crippen molar-refractivity contribution in [2.24, 2.45) is 0 Å². The first kappa shape index (κ1) is 18.3. The van der Waals surface area contributed by atoms with Gasteiger partial charge in [0.1, 0.15) is 11.8 Å². The van der Waals surface area contributed by atoms with Gasteiger partial charge in [-0.2, -0.15) is 0 Å². The predicted molar refractivity (Wildman–Crippen MR) is 97.6 cm³/mol. The molecule has 7 heteroatoms. The molecule has 1 aromatic carbocycles. The molecule has 0 aliphatic carbocycles. The number of nitrogens with zero attached hydrogens (tertiary/aromatic N) is 3. The third-order valence-electron chi connectivity index (χ3n) is 5.43. The van der Waals surface area contributed by atoms with Gasteiger partial charge < -0.3 is 14.6 Å². The second-order valence-electron chi connectivity index (χ2n) is 7.42. The number of hydrogen-bond acceptors (Lipinski definition) is 6. The zero-order valence-corrected chi connectivity index (χ0v) is 15.5. The number of carbonyl (C=O) groups excluding carboxylic acids is 1. The van der Waals surface area contributed by atoms with E-state index in [1.54, 1.807) is 23.7 Å². The highest BCUT2D eigenvalue weighted by Gasteiger charge is 2.43. The van der Waals surface area contributed by atoms with Crippen LogP contribution >= 0.6 is 0 Å². The molecule has 0 radical (unpaired) electrons. The van der Waals surface area contributed by atoms with E-state index in [4.69, 9.17) is 9.47 Å². The molecule has 0 amide bonds. The number of benzene rings is 1. The second kappa shape index (κ2) is 7.50. The van der Waals surface area contributed by atoms with Gasteiger partial charge in [-0.3, -0.25) is 4.79 Å². The fourth-order valence-electron chi connectivity index (χ4n) is 3.96. The number of ether oxygens (including phenoxy) is 2. The highest BCUT2D eigenvalue weighted by molar-refractivity contribution is 5.94. The van der Waals surface area contributed by atoms with Gasteiger partial charge in [0.05, 0.1) is 24.6 Å². The lowest BCUT2D eigenvalue weighted by Gasteiger charge is -2.45. The summed E-state index contributed by atoms with van der Waals surface area (Å²) in [5.74, 6) is -0.572. The van der Waals surface area contributed by atoms with Crippen LogP contribution in [0.5, 0.6) is 0 Å². The van der Waals surface area contributed by atoms with E-state index in [9.17, 15) is 9.90 Å². The molecule has 1 N–H and O–H groups in total. The van der Waals surface area contributed by atoms with Crippen molar-refractivity contribution in [2.45, 2.75) is 63.4 Å². The maximum absolute atomic E-state index is 11.4. The highest BCUT2D eigenvalue weighted by atomic mass is 16.7. The first-order valence-electron chi connectivity index (χ1n) is 9.59. The SMILES string of the molecule is CC(=O)c1ccc(-n2cc([C@@H]3CCC[C@]4(CCC[C@@H](CO)O4)O3)nn2)cc1. The molecule has 2 fully saturated rings. The number of carbonyl (C=O) groups is 1. The molecule has 1 spiro atoms. The summed E-state index contributed by atoms with van der Waals surface area (Å²) in [4.78, 5) is 11.4. The third kappa shape index (κ3) is 3.81. The summed E-state index contributed by atoms with van der Waals surface area (Å²) in [6, 6.07) is 7.29. The van der Waals surface area contributed by atoms with Gasteiger partial charge in [0.2, 0.25) is 0 Å². The Labute approximate surface area is 158 Å². The fourth-order valence-corrected chi connectivity index (χ4v) is 3.96. The number of aromatic nitrogens is 3. The molecular formula is C20H25N3O4. The number of Topliss-reactive ketones (excluding diaryl/α,β-unsaturated/α-hetero) is 1. The van der Waals surface area contributed by atoms with Gasteiger partial charge in [-0.15, -0.1) is 5.10 Å². The molecule has 0 bridgehead atoms. The quantitative estimate of drug-likeness (QED) is 0.832. The Morgan fingerprint density at radius 1 is 1.22 bits per heavy atom. The van der Waals surface area contributed by atoms with Crippen molar-refractivity contribution in [3.05, 3.63) is 41.7 Å². The Bertz CT molecular complexity index is 800. The van der Waals surface area contributed by atoms with Gasteiger partial charge in [0.15, 0.2) is 11.6 Å². The van der Waals surface area contributed by atoms with E-state index in [1.807, 2.05) is 18.3 Å². The van der Waals surface area contributed by atoms with Crippen LogP contribution in [0.15, 0.2) is 30.5 Å². The fraction of sp³-hybridized carbons (Fsp3) is 0.550. The van der Waals surface area contributed by atoms with E-state index in [0.717, 1.165) is 49.9 Å². The molecule has 1 aromatic heterocycles. The Morgan fingerprint density at radius 2 is 1.96 bits per heavy atom. The summed E-state index contributed by atoms with van der Waals surface area (Å²) >= 11 is 0. The van der Waals surface area contributed by atoms with Crippen LogP contribution in [0.2, 0.25) is 0 Å². The van der Waals surface area contributed by atoms with Crippen LogP contribution in [-0.2, 0) is 9.47 Å². The normalized spacial score (nSPS) is 28.4. The van der Waals surface area contributed by atoms with Gasteiger partial charge in [-0.05, 0) is 56.9 Å². The van der Waals surface area contributed by atoms with Gasteiger partial charge in [-0.1, -0.05) is 5.21 Å². The molecule has 0 saturated carbocycles. The van der Waals surface area contributed by atoms with Crippen molar-refractivity contribution >= 4 is 5.78 Å². The van der Waals surface area contributed by atoms with Crippen LogP contribution in [0, 0.1) is 0 Å². The molecule has 2 aliphatic heterocycles. The summed E-state index contributed by atoms with van der Waals surface area (Å²) in [5.41, 5.74) is 2.29. The largest absolute Gasteiger partial charge is 0.394 e. The minimum Gasteiger partial charge on any atom is -0.394 e. The molecule has 3 atom stereocenters. The molecule has 3 heterocycles. The van der Waals surface area contributed by atoms with Crippen molar-refractivity contribution in [1.82, 2.24) is 15.0 Å². The van der Waals surface area contributed by atoms with E-state index >= 15 is 0 Å². The van der Waals surface area contributed by atoms with Crippen molar-refractivity contribution in [3.63, 3.8) is 0 Å². The molecule has 0 unspecified atom stereocenters. The first-order chi connectivity index (χ1) is 13.1. The average molecular weight is 371 g/mol. The van der Waals surface area contributed by atoms with Crippen molar-refractivity contribution in [2.75, 3.05) is 6.61 Å². The minimum absolute atomic E-state index is 0.0300. The lowest BCUT2D eigenvalue weighted by Crippen LogP contribution is -2.47. The van der Waals surface area contributed by atoms with E-state index in [-0.39, 0.29) is 24.6 Å². The monoisotopic (exact) mass is 371 g/mol. The minimum atomic E-state index is -0.610. The van der Waals surface area contributed by atoms with Crippen LogP contribution in [0.3, 0.4) is 0 Å². The van der Waals surface area contributed by atoms with E-state index in [1.165, 1.54) is 0 Å². The van der Waals surface area contributed by atoms with Crippen LogP contribution in [0.4, 0.5) is 0 Å². The highest BCUT2D eigenvalue weighted by Crippen LogP contribution is 2.43. The van der Waals surface area contributed by atoms with E-state index < -0.39 is 5.79 Å². The van der Waals surface area contributed by atoms with Crippen LogP contribution < -0.4 is 0 Å². The number of rotatable bonds is 4. The summed E-state index contributed by atoms with van der Waals surface area (Å²) in [7, 11) is 0. The zero-order chi connectivity index (χ0) is 18.9. The van der Waals surface area contributed by atoms with E-state index in [0.29, 0.717) is 5.56 Å². The topological polar surface area (TPSA) is 86.5 Å². The Balaban J connectivity index is 1.50. The zero-order valence-electron chi connectivity index (χ0n) is 15.5. The summed E-state index contributed by atoms with van der Waals surface area (Å²) < 4.78 is 14.1. The smallest absolute Gasteiger partial charge is 0.169 e. The van der Waals surface area contributed by atoms with Crippen molar-refractivity contribution in [1.29, 1.82) is 0 Å². The molecule has 144 valence electrons. The lowest BCUT2D eigenvalue weighted by molar-refractivity contribution is -0.320. The van der Waals surface area contributed by atoms with Crippen LogP contribution in [0.1, 0.15) is 67.6 Å². The number of hydrogen-bond donors (Lipinski definition) is 1. The number of aliphatic hydroxyl groups is 1. The standard InChI is InChI=1S/C20H25N3O4/c1-14(25)15-6-8-16(9-7-15)23-12-18(21-22-23)19-5-3-11-20(27-19)10-2-4-17(13-24)26-20/h6-9,12,17,19,24H,2-5,10-11,13H2,1H3/t17-,19-,20-/m0/s1. The molecule has 2 saturated heterocycles. The molecule has 4 rings (SSSR count). The summed E-state index contributed by atoms with van der Waals surface area (Å²) in [6.45, 7) is 1.58. The maximum Gasteiger partial charge on any atom is 0.169 e. The Hall–Kier alpha value is -2.09. The molecular weight excluding hydrogens is 346 g/mol. The summed E-state index contributed by atoms with van der Waals surface area (Å²) in [6.07, 6.45) is 6.99. The Morgan fingerprint density at radius 3 is 2.67 bits per heavy atom. The third-order valence-corrected chi connectivity index (χ3v) is 5.43. The Kier molecular flexibility index (Phi) is 5.08. The lowest BCUT2D eigenvalue weighted by atomic mass is 9.92. The number of ketones is 1. The van der Waals surface area contributed by atoms with Crippen molar-refractivity contribution < 1.29 is 19.4 Å². The van der Waals surface area contributed by atoms with Gasteiger partial charge >= 0.3 is 0 Å². The maximum atomic E-state index is 11.4. The molecule has 27 heavy (non-hydrogen) atoms. The van der Waals surface area contributed by atoms with Crippen molar-refractivity contribution in [3.8, 4) is 5.69 Å². The van der Waals surface area contributed by atoms with Gasteiger partial charge in [0, 0.05) is 18.4 Å². The molecule has 2 aliphatic rings. The average Bonchev–Trinajstić information content (AvgIpc) is 3.18. The first-order valence-corrected chi connectivity index (χ1v) is 9.59. The number of aliphatic hydroxyl groups excluding tert-OH is 1. The molecule has 2 aromatic rings. The van der Waals surface area contributed by atoms with Crippen LogP contribution in [-0.4, -0.2) is 44.4 Å². The summed E-state index contributed by atoms with van der Waals surface area (Å²) in [5, 5.41) is 18.0. The van der Waals surface area contributed by atoms with Gasteiger partial charge in [0.25, 0.3) is 0 Å². The molecule has 7 nitrogen and oxygen atoms in total. The predicted octanol–water partition coefficient (Wildman–Crippen LogP) is 2.97. The van der Waals surface area contributed by atoms with E-state index in [2.05, 4.69) is 10.3 Å². The van der Waals surface area contributed by atoms with Crippen LogP contribution in [0.25, 0.3) is 5.69 Å². The second-order valence-corrected chi connectivity index (χ2v) is 7.42.